The minimum Gasteiger partial charge on any atom is -0.477 e. The summed E-state index contributed by atoms with van der Waals surface area (Å²) in [4.78, 5) is 27.3. The monoisotopic (exact) mass is 408 g/mol. The number of carbonyl (C=O) groups is 2. The summed E-state index contributed by atoms with van der Waals surface area (Å²) in [6.07, 6.45) is 0. The highest BCUT2D eigenvalue weighted by molar-refractivity contribution is 7.08. The van der Waals surface area contributed by atoms with Gasteiger partial charge in [0.1, 0.15) is 17.1 Å². The van der Waals surface area contributed by atoms with Gasteiger partial charge in [-0.05, 0) is 55.8 Å². The van der Waals surface area contributed by atoms with Gasteiger partial charge in [-0.25, -0.2) is 4.39 Å². The van der Waals surface area contributed by atoms with E-state index in [1.807, 2.05) is 16.8 Å². The minimum atomic E-state index is -1.26. The molecule has 27 heavy (non-hydrogen) atoms. The van der Waals surface area contributed by atoms with E-state index in [-0.39, 0.29) is 23.3 Å². The summed E-state index contributed by atoms with van der Waals surface area (Å²) < 4.78 is 19.1. The smallest absolute Gasteiger partial charge is 0.261 e. The van der Waals surface area contributed by atoms with E-state index in [1.165, 1.54) is 28.4 Å². The quantitative estimate of drug-likeness (QED) is 0.810. The van der Waals surface area contributed by atoms with Gasteiger partial charge in [-0.2, -0.15) is 11.3 Å². The lowest BCUT2D eigenvalue weighted by molar-refractivity contribution is -0.147. The van der Waals surface area contributed by atoms with E-state index in [4.69, 9.17) is 16.3 Å². The molecular formula is C19H18ClFN2O3S. The number of amides is 2. The number of rotatable bonds is 4. The number of halogens is 2. The fourth-order valence-corrected chi connectivity index (χ4v) is 3.53. The van der Waals surface area contributed by atoms with Crippen molar-refractivity contribution in [2.75, 3.05) is 12.0 Å². The molecule has 0 saturated heterocycles. The second-order valence-electron chi connectivity index (χ2n) is 6.59. The van der Waals surface area contributed by atoms with E-state index in [9.17, 15) is 14.0 Å². The number of benzene rings is 1. The summed E-state index contributed by atoms with van der Waals surface area (Å²) in [7, 11) is 0. The number of ether oxygens (including phenoxy) is 1. The van der Waals surface area contributed by atoms with Gasteiger partial charge >= 0.3 is 0 Å². The predicted octanol–water partition coefficient (Wildman–Crippen LogP) is 4.51. The fraction of sp³-hybridized carbons (Fsp3) is 0.263. The Morgan fingerprint density at radius 3 is 2.78 bits per heavy atom. The van der Waals surface area contributed by atoms with Gasteiger partial charge in [-0.15, -0.1) is 0 Å². The van der Waals surface area contributed by atoms with Crippen LogP contribution in [0.2, 0.25) is 5.02 Å². The number of hydrogen-bond acceptors (Lipinski definition) is 4. The highest BCUT2D eigenvalue weighted by Crippen LogP contribution is 2.32. The SMILES string of the molecule is CC1=C(c2ccsc2)C(=O)N(C(C)(C)C(=O)Nc2cc(F)ccc2Cl)CO1. The van der Waals surface area contributed by atoms with Gasteiger partial charge < -0.3 is 10.1 Å². The standard InChI is InChI=1S/C19H18ClFN2O3S/c1-11-16(12-6-7-27-9-12)17(24)23(10-26-11)19(2,3)18(25)22-15-8-13(21)4-5-14(15)20/h4-9H,10H2,1-3H3,(H,22,25). The first-order valence-electron chi connectivity index (χ1n) is 8.16. The second-order valence-corrected chi connectivity index (χ2v) is 7.77. The maximum atomic E-state index is 13.5. The first-order chi connectivity index (χ1) is 12.7. The molecule has 2 amide bonds. The van der Waals surface area contributed by atoms with Crippen LogP contribution in [-0.4, -0.2) is 29.0 Å². The van der Waals surface area contributed by atoms with Gasteiger partial charge in [0.2, 0.25) is 5.91 Å². The van der Waals surface area contributed by atoms with Crippen molar-refractivity contribution < 1.29 is 18.7 Å². The summed E-state index contributed by atoms with van der Waals surface area (Å²) in [5.41, 5.74) is 0.0583. The highest BCUT2D eigenvalue weighted by atomic mass is 35.5. The molecule has 0 atom stereocenters. The molecule has 3 rings (SSSR count). The summed E-state index contributed by atoms with van der Waals surface area (Å²) >= 11 is 7.49. The van der Waals surface area contributed by atoms with Crippen LogP contribution in [-0.2, 0) is 14.3 Å². The number of hydrogen-bond donors (Lipinski definition) is 1. The van der Waals surface area contributed by atoms with E-state index < -0.39 is 17.3 Å². The molecule has 2 heterocycles. The fourth-order valence-electron chi connectivity index (χ4n) is 2.72. The van der Waals surface area contributed by atoms with Crippen LogP contribution in [0.4, 0.5) is 10.1 Å². The molecule has 0 bridgehead atoms. The third-order valence-electron chi connectivity index (χ3n) is 4.44. The number of allylic oxidation sites excluding steroid dienone is 1. The van der Waals surface area contributed by atoms with E-state index in [1.54, 1.807) is 20.8 Å². The molecule has 1 aromatic heterocycles. The molecule has 1 aliphatic rings. The van der Waals surface area contributed by atoms with Crippen LogP contribution in [0.1, 0.15) is 26.3 Å². The molecule has 0 fully saturated rings. The van der Waals surface area contributed by atoms with Crippen LogP contribution in [0, 0.1) is 5.82 Å². The lowest BCUT2D eigenvalue weighted by Crippen LogP contribution is -2.57. The van der Waals surface area contributed by atoms with Crippen molar-refractivity contribution in [1.29, 1.82) is 0 Å². The Hall–Kier alpha value is -2.38. The van der Waals surface area contributed by atoms with Crippen LogP contribution >= 0.6 is 22.9 Å². The normalized spacial score (nSPS) is 15.0. The van der Waals surface area contributed by atoms with Gasteiger partial charge in [0.15, 0.2) is 6.73 Å². The average Bonchev–Trinajstić information content (AvgIpc) is 3.12. The average molecular weight is 409 g/mol. The van der Waals surface area contributed by atoms with Crippen LogP contribution in [0.3, 0.4) is 0 Å². The van der Waals surface area contributed by atoms with E-state index in [0.717, 1.165) is 11.6 Å². The van der Waals surface area contributed by atoms with Crippen molar-refractivity contribution >= 4 is 46.0 Å². The lowest BCUT2D eigenvalue weighted by Gasteiger charge is -2.40. The molecule has 2 aromatic rings. The highest BCUT2D eigenvalue weighted by Gasteiger charge is 2.42. The number of carbonyl (C=O) groups excluding carboxylic acids is 2. The Balaban J connectivity index is 1.87. The van der Waals surface area contributed by atoms with Crippen molar-refractivity contribution in [3.05, 3.63) is 57.2 Å². The second kappa shape index (κ2) is 7.32. The summed E-state index contributed by atoms with van der Waals surface area (Å²) in [6, 6.07) is 5.51. The molecule has 0 radical (unpaired) electrons. The molecule has 0 spiro atoms. The molecular weight excluding hydrogens is 391 g/mol. The molecule has 1 N–H and O–H groups in total. The van der Waals surface area contributed by atoms with Crippen LogP contribution in [0.25, 0.3) is 5.57 Å². The van der Waals surface area contributed by atoms with Gasteiger partial charge in [-0.3, -0.25) is 14.5 Å². The van der Waals surface area contributed by atoms with Crippen molar-refractivity contribution in [1.82, 2.24) is 4.90 Å². The van der Waals surface area contributed by atoms with Gasteiger partial charge in [0.25, 0.3) is 5.91 Å². The Bertz CT molecular complexity index is 925. The molecule has 1 aromatic carbocycles. The van der Waals surface area contributed by atoms with E-state index in [0.29, 0.717) is 11.3 Å². The number of thiophene rings is 1. The van der Waals surface area contributed by atoms with Crippen LogP contribution in [0.15, 0.2) is 40.8 Å². The van der Waals surface area contributed by atoms with Crippen LogP contribution in [0.5, 0.6) is 0 Å². The summed E-state index contributed by atoms with van der Waals surface area (Å²) in [5, 5.41) is 6.52. The zero-order chi connectivity index (χ0) is 19.8. The first kappa shape index (κ1) is 19.4. The molecule has 0 unspecified atom stereocenters. The number of nitrogens with zero attached hydrogens (tertiary/aromatic N) is 1. The Labute approximate surface area is 165 Å². The molecule has 0 aliphatic carbocycles. The Kier molecular flexibility index (Phi) is 5.26. The molecule has 1 aliphatic heterocycles. The first-order valence-corrected chi connectivity index (χ1v) is 9.48. The van der Waals surface area contributed by atoms with Crippen molar-refractivity contribution in [2.24, 2.45) is 0 Å². The minimum absolute atomic E-state index is 0.0599. The zero-order valence-corrected chi connectivity index (χ0v) is 16.6. The molecule has 0 saturated carbocycles. The molecule has 142 valence electrons. The molecule has 5 nitrogen and oxygen atoms in total. The summed E-state index contributed by atoms with van der Waals surface area (Å²) in [6.45, 7) is 4.86. The number of anilines is 1. The lowest BCUT2D eigenvalue weighted by atomic mass is 9.97. The number of nitrogens with one attached hydrogen (secondary N) is 1. The Morgan fingerprint density at radius 1 is 1.37 bits per heavy atom. The third-order valence-corrected chi connectivity index (χ3v) is 5.45. The summed E-state index contributed by atoms with van der Waals surface area (Å²) in [5.74, 6) is -0.818. The van der Waals surface area contributed by atoms with Crippen molar-refractivity contribution in [2.45, 2.75) is 26.3 Å². The van der Waals surface area contributed by atoms with E-state index in [2.05, 4.69) is 5.32 Å². The Morgan fingerprint density at radius 2 is 2.11 bits per heavy atom. The van der Waals surface area contributed by atoms with E-state index >= 15 is 0 Å². The van der Waals surface area contributed by atoms with Gasteiger partial charge in [0.05, 0.1) is 16.3 Å². The topological polar surface area (TPSA) is 58.6 Å². The van der Waals surface area contributed by atoms with Gasteiger partial charge in [-0.1, -0.05) is 11.6 Å². The largest absolute Gasteiger partial charge is 0.477 e. The van der Waals surface area contributed by atoms with Crippen molar-refractivity contribution in [3.63, 3.8) is 0 Å². The maximum absolute atomic E-state index is 13.5. The van der Waals surface area contributed by atoms with Crippen molar-refractivity contribution in [3.8, 4) is 0 Å². The third kappa shape index (κ3) is 3.70. The van der Waals surface area contributed by atoms with Gasteiger partial charge in [0, 0.05) is 5.56 Å². The maximum Gasteiger partial charge on any atom is 0.261 e. The predicted molar refractivity (Wildman–Crippen MR) is 104 cm³/mol. The molecule has 8 heteroatoms. The zero-order valence-electron chi connectivity index (χ0n) is 15.0. The van der Waals surface area contributed by atoms with Crippen LogP contribution < -0.4 is 5.32 Å².